The monoisotopic (exact) mass is 278 g/mol. The molecule has 20 heavy (non-hydrogen) atoms. The van der Waals surface area contributed by atoms with E-state index in [2.05, 4.69) is 32.9 Å². The minimum atomic E-state index is -0.161. The highest BCUT2D eigenvalue weighted by Gasteiger charge is 2.19. The molecule has 0 spiro atoms. The first kappa shape index (κ1) is 16.5. The van der Waals surface area contributed by atoms with Gasteiger partial charge in [0.25, 0.3) is 0 Å². The quantitative estimate of drug-likeness (QED) is 0.741. The van der Waals surface area contributed by atoms with Gasteiger partial charge in [-0.05, 0) is 37.3 Å². The van der Waals surface area contributed by atoms with Gasteiger partial charge in [-0.3, -0.25) is 4.79 Å². The van der Waals surface area contributed by atoms with Crippen LogP contribution >= 0.6 is 0 Å². The van der Waals surface area contributed by atoms with Crippen LogP contribution < -0.4 is 4.74 Å². The number of carbonyl (C=O) groups is 1. The van der Waals surface area contributed by atoms with Crippen molar-refractivity contribution in [2.45, 2.75) is 47.0 Å². The summed E-state index contributed by atoms with van der Waals surface area (Å²) < 4.78 is 10.7. The topological polar surface area (TPSA) is 35.5 Å². The van der Waals surface area contributed by atoms with Crippen LogP contribution in [0.5, 0.6) is 5.75 Å². The third kappa shape index (κ3) is 3.99. The Morgan fingerprint density at radius 1 is 1.25 bits per heavy atom. The number of esters is 1. The zero-order chi connectivity index (χ0) is 15.3. The van der Waals surface area contributed by atoms with E-state index in [0.717, 1.165) is 11.3 Å². The molecule has 0 bridgehead atoms. The van der Waals surface area contributed by atoms with E-state index in [1.807, 2.05) is 13.8 Å². The standard InChI is InChI=1S/C17H26O3/c1-7-20-17(18)13(5)10-14-8-12(4)9-15(11(2)3)16(14)19-6/h8-9,11,13H,7,10H2,1-6H3. The third-order valence-corrected chi connectivity index (χ3v) is 3.38. The van der Waals surface area contributed by atoms with Gasteiger partial charge in [0.15, 0.2) is 0 Å². The second kappa shape index (κ2) is 7.32. The first-order chi connectivity index (χ1) is 9.40. The molecule has 1 rings (SSSR count). The van der Waals surface area contributed by atoms with Gasteiger partial charge in [0.05, 0.1) is 19.6 Å². The fourth-order valence-corrected chi connectivity index (χ4v) is 2.41. The van der Waals surface area contributed by atoms with Crippen molar-refractivity contribution in [1.82, 2.24) is 0 Å². The SMILES string of the molecule is CCOC(=O)C(C)Cc1cc(C)cc(C(C)C)c1OC. The molecule has 0 radical (unpaired) electrons. The summed E-state index contributed by atoms with van der Waals surface area (Å²) in [5.74, 6) is 0.982. The number of ether oxygens (including phenoxy) is 2. The first-order valence-electron chi connectivity index (χ1n) is 7.24. The first-order valence-corrected chi connectivity index (χ1v) is 7.24. The third-order valence-electron chi connectivity index (χ3n) is 3.38. The van der Waals surface area contributed by atoms with Gasteiger partial charge in [-0.2, -0.15) is 0 Å². The van der Waals surface area contributed by atoms with Gasteiger partial charge in [0.1, 0.15) is 5.75 Å². The maximum Gasteiger partial charge on any atom is 0.308 e. The predicted octanol–water partition coefficient (Wildman–Crippen LogP) is 3.87. The van der Waals surface area contributed by atoms with E-state index in [9.17, 15) is 4.79 Å². The van der Waals surface area contributed by atoms with Gasteiger partial charge in [-0.15, -0.1) is 0 Å². The normalized spacial score (nSPS) is 12.3. The smallest absolute Gasteiger partial charge is 0.308 e. The molecule has 3 nitrogen and oxygen atoms in total. The van der Waals surface area contributed by atoms with Crippen LogP contribution in [-0.4, -0.2) is 19.7 Å². The lowest BCUT2D eigenvalue weighted by Gasteiger charge is -2.19. The molecule has 1 atom stereocenters. The Hall–Kier alpha value is -1.51. The number of benzene rings is 1. The highest BCUT2D eigenvalue weighted by Crippen LogP contribution is 2.33. The Morgan fingerprint density at radius 3 is 2.40 bits per heavy atom. The minimum Gasteiger partial charge on any atom is -0.496 e. The number of carbonyl (C=O) groups excluding carboxylic acids is 1. The molecule has 3 heteroatoms. The molecular weight excluding hydrogens is 252 g/mol. The molecule has 0 amide bonds. The molecule has 0 N–H and O–H groups in total. The maximum atomic E-state index is 11.8. The van der Waals surface area contributed by atoms with Crippen LogP contribution in [0.4, 0.5) is 0 Å². The summed E-state index contributed by atoms with van der Waals surface area (Å²) in [5.41, 5.74) is 3.47. The van der Waals surface area contributed by atoms with E-state index in [0.29, 0.717) is 18.9 Å². The number of rotatable bonds is 6. The Kier molecular flexibility index (Phi) is 6.05. The summed E-state index contributed by atoms with van der Waals surface area (Å²) in [5, 5.41) is 0. The van der Waals surface area contributed by atoms with Crippen molar-refractivity contribution < 1.29 is 14.3 Å². The zero-order valence-corrected chi connectivity index (χ0v) is 13.4. The molecule has 0 saturated heterocycles. The Balaban J connectivity index is 3.08. The fourth-order valence-electron chi connectivity index (χ4n) is 2.41. The molecule has 0 saturated carbocycles. The summed E-state index contributed by atoms with van der Waals surface area (Å²) in [6, 6.07) is 4.25. The molecule has 0 heterocycles. The van der Waals surface area contributed by atoms with Crippen LogP contribution in [0.3, 0.4) is 0 Å². The van der Waals surface area contributed by atoms with Crippen molar-refractivity contribution in [2.24, 2.45) is 5.92 Å². The summed E-state index contributed by atoms with van der Waals surface area (Å²) in [4.78, 5) is 11.8. The lowest BCUT2D eigenvalue weighted by Crippen LogP contribution is -2.17. The van der Waals surface area contributed by atoms with E-state index < -0.39 is 0 Å². The predicted molar refractivity (Wildman–Crippen MR) is 81.3 cm³/mol. The molecule has 112 valence electrons. The summed E-state index contributed by atoms with van der Waals surface area (Å²) >= 11 is 0. The molecule has 0 aliphatic carbocycles. The van der Waals surface area contributed by atoms with E-state index in [4.69, 9.17) is 9.47 Å². The highest BCUT2D eigenvalue weighted by molar-refractivity contribution is 5.72. The van der Waals surface area contributed by atoms with Crippen LogP contribution in [-0.2, 0) is 16.0 Å². The number of aryl methyl sites for hydroxylation is 1. The Labute approximate surface area is 122 Å². The summed E-state index contributed by atoms with van der Waals surface area (Å²) in [6.45, 7) is 10.5. The molecule has 1 aromatic rings. The van der Waals surface area contributed by atoms with Gasteiger partial charge in [0.2, 0.25) is 0 Å². The van der Waals surface area contributed by atoms with Gasteiger partial charge in [-0.25, -0.2) is 0 Å². The molecule has 0 aromatic heterocycles. The van der Waals surface area contributed by atoms with Crippen LogP contribution in [0.1, 0.15) is 50.3 Å². The van der Waals surface area contributed by atoms with Crippen molar-refractivity contribution in [1.29, 1.82) is 0 Å². The lowest BCUT2D eigenvalue weighted by atomic mass is 9.92. The van der Waals surface area contributed by atoms with E-state index in [-0.39, 0.29) is 11.9 Å². The minimum absolute atomic E-state index is 0.151. The highest BCUT2D eigenvalue weighted by atomic mass is 16.5. The molecule has 0 aliphatic heterocycles. The van der Waals surface area contributed by atoms with Gasteiger partial charge in [0, 0.05) is 0 Å². The molecule has 0 fully saturated rings. The van der Waals surface area contributed by atoms with E-state index in [1.54, 1.807) is 7.11 Å². The summed E-state index contributed by atoms with van der Waals surface area (Å²) in [6.07, 6.45) is 0.642. The second-order valence-corrected chi connectivity index (χ2v) is 5.56. The van der Waals surface area contributed by atoms with Gasteiger partial charge in [-0.1, -0.05) is 38.5 Å². The van der Waals surface area contributed by atoms with Gasteiger partial charge < -0.3 is 9.47 Å². The van der Waals surface area contributed by atoms with Crippen molar-refractivity contribution >= 4 is 5.97 Å². The number of hydrogen-bond acceptors (Lipinski definition) is 3. The Morgan fingerprint density at radius 2 is 1.90 bits per heavy atom. The van der Waals surface area contributed by atoms with Crippen LogP contribution in [0.15, 0.2) is 12.1 Å². The van der Waals surface area contributed by atoms with Crippen LogP contribution in [0, 0.1) is 12.8 Å². The van der Waals surface area contributed by atoms with E-state index >= 15 is 0 Å². The van der Waals surface area contributed by atoms with E-state index in [1.165, 1.54) is 11.1 Å². The van der Waals surface area contributed by atoms with Crippen molar-refractivity contribution in [3.05, 3.63) is 28.8 Å². The lowest BCUT2D eigenvalue weighted by molar-refractivity contribution is -0.147. The second-order valence-electron chi connectivity index (χ2n) is 5.56. The summed E-state index contributed by atoms with van der Waals surface area (Å²) in [7, 11) is 1.69. The van der Waals surface area contributed by atoms with Crippen LogP contribution in [0.2, 0.25) is 0 Å². The molecule has 1 aromatic carbocycles. The van der Waals surface area contributed by atoms with Crippen LogP contribution in [0.25, 0.3) is 0 Å². The Bertz CT molecular complexity index is 464. The maximum absolute atomic E-state index is 11.8. The fraction of sp³-hybridized carbons (Fsp3) is 0.588. The van der Waals surface area contributed by atoms with Gasteiger partial charge >= 0.3 is 5.97 Å². The largest absolute Gasteiger partial charge is 0.496 e. The zero-order valence-electron chi connectivity index (χ0n) is 13.4. The van der Waals surface area contributed by atoms with Crippen molar-refractivity contribution in [3.8, 4) is 5.75 Å². The van der Waals surface area contributed by atoms with Crippen molar-refractivity contribution in [3.63, 3.8) is 0 Å². The average Bonchev–Trinajstić information content (AvgIpc) is 2.38. The molecular formula is C17H26O3. The molecule has 0 aliphatic rings. The number of methoxy groups -OCH3 is 1. The van der Waals surface area contributed by atoms with Crippen molar-refractivity contribution in [2.75, 3.05) is 13.7 Å². The molecule has 1 unspecified atom stereocenters. The average molecular weight is 278 g/mol. The number of hydrogen-bond donors (Lipinski definition) is 0.